The Kier molecular flexibility index (Phi) is 5.30. The van der Waals surface area contributed by atoms with Gasteiger partial charge in [-0.05, 0) is 39.7 Å². The highest BCUT2D eigenvalue weighted by molar-refractivity contribution is 7.09. The predicted octanol–water partition coefficient (Wildman–Crippen LogP) is 3.29. The molecular weight excluding hydrogens is 324 g/mol. The van der Waals surface area contributed by atoms with Crippen molar-refractivity contribution in [2.24, 2.45) is 0 Å². The summed E-state index contributed by atoms with van der Waals surface area (Å²) in [6, 6.07) is 2.07. The van der Waals surface area contributed by atoms with Gasteiger partial charge >= 0.3 is 0 Å². The van der Waals surface area contributed by atoms with Crippen molar-refractivity contribution in [2.75, 3.05) is 19.7 Å². The van der Waals surface area contributed by atoms with Gasteiger partial charge in [-0.15, -0.1) is 11.3 Å². The highest BCUT2D eigenvalue weighted by atomic mass is 32.1. The van der Waals surface area contributed by atoms with Gasteiger partial charge in [-0.25, -0.2) is 4.98 Å². The number of carbonyl (C=O) groups is 1. The Hall–Kier alpha value is -1.73. The molecular formula is C17H24N4O2S. The number of H-pyrrole nitrogens is 1. The summed E-state index contributed by atoms with van der Waals surface area (Å²) in [5.74, 6) is 0.311. The molecule has 24 heavy (non-hydrogen) atoms. The van der Waals surface area contributed by atoms with Crippen molar-refractivity contribution in [1.82, 2.24) is 20.1 Å². The lowest BCUT2D eigenvalue weighted by molar-refractivity contribution is 0.0691. The SMILES string of the molecule is CCO[C@H](C)c1nc(C(=O)N2CCC[C@H](c3cc(C)[nH]n3)C2)cs1. The largest absolute Gasteiger partial charge is 0.372 e. The molecule has 2 aromatic heterocycles. The lowest BCUT2D eigenvalue weighted by Crippen LogP contribution is -2.39. The zero-order valence-corrected chi connectivity index (χ0v) is 15.2. The number of nitrogens with one attached hydrogen (secondary N) is 1. The van der Waals surface area contributed by atoms with Crippen molar-refractivity contribution < 1.29 is 9.53 Å². The molecule has 0 unspecified atom stereocenters. The summed E-state index contributed by atoms with van der Waals surface area (Å²) < 4.78 is 5.55. The van der Waals surface area contributed by atoms with Crippen LogP contribution in [0.25, 0.3) is 0 Å². The monoisotopic (exact) mass is 348 g/mol. The molecule has 3 rings (SSSR count). The number of aromatic amines is 1. The van der Waals surface area contributed by atoms with E-state index in [1.54, 1.807) is 0 Å². The van der Waals surface area contributed by atoms with E-state index in [1.165, 1.54) is 11.3 Å². The van der Waals surface area contributed by atoms with Crippen molar-refractivity contribution >= 4 is 17.2 Å². The van der Waals surface area contributed by atoms with Crippen molar-refractivity contribution in [2.45, 2.75) is 45.6 Å². The normalized spacial score (nSPS) is 19.5. The van der Waals surface area contributed by atoms with E-state index in [0.717, 1.165) is 35.8 Å². The van der Waals surface area contributed by atoms with Gasteiger partial charge in [-0.1, -0.05) is 0 Å². The van der Waals surface area contributed by atoms with E-state index in [9.17, 15) is 4.79 Å². The van der Waals surface area contributed by atoms with Gasteiger partial charge in [0.1, 0.15) is 16.8 Å². The molecule has 7 heteroatoms. The molecule has 1 saturated heterocycles. The summed E-state index contributed by atoms with van der Waals surface area (Å²) in [4.78, 5) is 19.2. The zero-order chi connectivity index (χ0) is 17.1. The standard InChI is InChI=1S/C17H24N4O2S/c1-4-23-12(3)16-18-15(10-24-16)17(22)21-7-5-6-13(9-21)14-8-11(2)19-20-14/h8,10,12-13H,4-7,9H2,1-3H3,(H,19,20)/t12-,13+/m1/s1. The molecule has 1 fully saturated rings. The van der Waals surface area contributed by atoms with Crippen LogP contribution >= 0.6 is 11.3 Å². The Bertz CT molecular complexity index is 696. The van der Waals surface area contributed by atoms with Gasteiger partial charge in [0.15, 0.2) is 0 Å². The van der Waals surface area contributed by atoms with Crippen LogP contribution in [0.4, 0.5) is 0 Å². The topological polar surface area (TPSA) is 71.1 Å². The summed E-state index contributed by atoms with van der Waals surface area (Å²) >= 11 is 1.49. The van der Waals surface area contributed by atoms with E-state index in [2.05, 4.69) is 21.2 Å². The highest BCUT2D eigenvalue weighted by Crippen LogP contribution is 2.28. The summed E-state index contributed by atoms with van der Waals surface area (Å²) in [6.45, 7) is 8.05. The fourth-order valence-electron chi connectivity index (χ4n) is 3.11. The van der Waals surface area contributed by atoms with Crippen molar-refractivity contribution in [1.29, 1.82) is 0 Å². The highest BCUT2D eigenvalue weighted by Gasteiger charge is 2.28. The van der Waals surface area contributed by atoms with Gasteiger partial charge in [0.2, 0.25) is 0 Å². The van der Waals surface area contributed by atoms with E-state index in [0.29, 0.717) is 24.8 Å². The number of thiazole rings is 1. The van der Waals surface area contributed by atoms with E-state index in [1.807, 2.05) is 31.1 Å². The third-order valence-electron chi connectivity index (χ3n) is 4.36. The van der Waals surface area contributed by atoms with Gasteiger partial charge < -0.3 is 9.64 Å². The molecule has 1 aliphatic rings. The maximum absolute atomic E-state index is 12.8. The first kappa shape index (κ1) is 17.1. The molecule has 0 bridgehead atoms. The number of hydrogen-bond donors (Lipinski definition) is 1. The van der Waals surface area contributed by atoms with E-state index in [-0.39, 0.29) is 12.0 Å². The average molecular weight is 348 g/mol. The van der Waals surface area contributed by atoms with Gasteiger partial charge in [0.05, 0.1) is 5.69 Å². The molecule has 2 atom stereocenters. The minimum Gasteiger partial charge on any atom is -0.372 e. The maximum atomic E-state index is 12.8. The summed E-state index contributed by atoms with van der Waals surface area (Å²) in [5.41, 5.74) is 2.64. The fourth-order valence-corrected chi connectivity index (χ4v) is 3.90. The number of ether oxygens (including phenoxy) is 1. The van der Waals surface area contributed by atoms with Crippen LogP contribution in [0.15, 0.2) is 11.4 Å². The van der Waals surface area contributed by atoms with Crippen LogP contribution in [-0.2, 0) is 4.74 Å². The smallest absolute Gasteiger partial charge is 0.273 e. The first-order chi connectivity index (χ1) is 11.6. The van der Waals surface area contributed by atoms with Crippen LogP contribution in [0, 0.1) is 6.92 Å². The third kappa shape index (κ3) is 3.67. The molecule has 1 aliphatic heterocycles. The average Bonchev–Trinajstić information content (AvgIpc) is 3.24. The van der Waals surface area contributed by atoms with Gasteiger partial charge in [-0.3, -0.25) is 9.89 Å². The van der Waals surface area contributed by atoms with Crippen LogP contribution in [0.5, 0.6) is 0 Å². The molecule has 3 heterocycles. The van der Waals surface area contributed by atoms with Crippen LogP contribution in [-0.4, -0.2) is 45.7 Å². The molecule has 2 aromatic rings. The van der Waals surface area contributed by atoms with E-state index < -0.39 is 0 Å². The molecule has 130 valence electrons. The second-order valence-corrected chi connectivity index (χ2v) is 7.12. The molecule has 1 N–H and O–H groups in total. The number of rotatable bonds is 5. The summed E-state index contributed by atoms with van der Waals surface area (Å²) in [6.07, 6.45) is 1.99. The maximum Gasteiger partial charge on any atom is 0.273 e. The number of amides is 1. The molecule has 0 saturated carbocycles. The zero-order valence-electron chi connectivity index (χ0n) is 14.4. The quantitative estimate of drug-likeness (QED) is 0.900. The molecule has 0 aromatic carbocycles. The number of hydrogen-bond acceptors (Lipinski definition) is 5. The Morgan fingerprint density at radius 1 is 1.58 bits per heavy atom. The lowest BCUT2D eigenvalue weighted by atomic mass is 9.94. The second-order valence-electron chi connectivity index (χ2n) is 6.23. The van der Waals surface area contributed by atoms with E-state index in [4.69, 9.17) is 4.74 Å². The Morgan fingerprint density at radius 2 is 2.42 bits per heavy atom. The number of carbonyl (C=O) groups excluding carboxylic acids is 1. The Labute approximate surface area is 146 Å². The number of likely N-dealkylation sites (tertiary alicyclic amines) is 1. The van der Waals surface area contributed by atoms with Crippen molar-refractivity contribution in [3.63, 3.8) is 0 Å². The van der Waals surface area contributed by atoms with Gasteiger partial charge in [0.25, 0.3) is 5.91 Å². The van der Waals surface area contributed by atoms with E-state index >= 15 is 0 Å². The molecule has 1 amide bonds. The first-order valence-corrected chi connectivity index (χ1v) is 9.34. The lowest BCUT2D eigenvalue weighted by Gasteiger charge is -2.31. The second kappa shape index (κ2) is 7.44. The minimum atomic E-state index is -0.0670. The Balaban J connectivity index is 1.68. The fraction of sp³-hybridized carbons (Fsp3) is 0.588. The van der Waals surface area contributed by atoms with Gasteiger partial charge in [0, 0.05) is 36.7 Å². The Morgan fingerprint density at radius 3 is 3.12 bits per heavy atom. The molecule has 0 aliphatic carbocycles. The third-order valence-corrected chi connectivity index (χ3v) is 5.36. The van der Waals surface area contributed by atoms with Crippen molar-refractivity contribution in [3.8, 4) is 0 Å². The van der Waals surface area contributed by atoms with Crippen molar-refractivity contribution in [3.05, 3.63) is 33.5 Å². The number of piperidine rings is 1. The molecule has 0 radical (unpaired) electrons. The van der Waals surface area contributed by atoms with Gasteiger partial charge in [-0.2, -0.15) is 5.10 Å². The first-order valence-electron chi connectivity index (χ1n) is 8.46. The number of aryl methyl sites for hydroxylation is 1. The summed E-state index contributed by atoms with van der Waals surface area (Å²) in [5, 5.41) is 10.1. The number of aromatic nitrogens is 3. The van der Waals surface area contributed by atoms with Crippen LogP contribution in [0.2, 0.25) is 0 Å². The molecule has 0 spiro atoms. The minimum absolute atomic E-state index is 0.0122. The number of nitrogens with zero attached hydrogens (tertiary/aromatic N) is 3. The van der Waals surface area contributed by atoms with Crippen LogP contribution in [0.1, 0.15) is 65.6 Å². The molecule has 6 nitrogen and oxygen atoms in total. The summed E-state index contributed by atoms with van der Waals surface area (Å²) in [7, 11) is 0. The van der Waals surface area contributed by atoms with Crippen LogP contribution < -0.4 is 0 Å². The predicted molar refractivity (Wildman–Crippen MR) is 93.4 cm³/mol. The van der Waals surface area contributed by atoms with Crippen LogP contribution in [0.3, 0.4) is 0 Å².